The van der Waals surface area contributed by atoms with Crippen LogP contribution in [0.5, 0.6) is 5.75 Å². The molecule has 0 aliphatic rings. The molecule has 1 aromatic heterocycles. The lowest BCUT2D eigenvalue weighted by atomic mass is 10.1. The number of sulfonamides is 1. The maximum Gasteiger partial charge on any atom is 0.261 e. The molecule has 0 aliphatic heterocycles. The molecule has 0 spiro atoms. The van der Waals surface area contributed by atoms with Crippen LogP contribution in [0.2, 0.25) is 0 Å². The third-order valence-corrected chi connectivity index (χ3v) is 6.86. The van der Waals surface area contributed by atoms with Crippen LogP contribution in [0.3, 0.4) is 0 Å². The molecule has 0 bridgehead atoms. The molecule has 0 atom stereocenters. The number of ether oxygens (including phenoxy) is 1. The number of anilines is 2. The van der Waals surface area contributed by atoms with Gasteiger partial charge in [-0.05, 0) is 79.6 Å². The average Bonchev–Trinajstić information content (AvgIpc) is 2.86. The second-order valence-electron chi connectivity index (χ2n) is 7.97. The molecule has 8 heteroatoms. The van der Waals surface area contributed by atoms with Gasteiger partial charge in [0, 0.05) is 23.5 Å². The first-order valence-electron chi connectivity index (χ1n) is 10.9. The van der Waals surface area contributed by atoms with Gasteiger partial charge >= 0.3 is 0 Å². The average molecular weight is 488 g/mol. The van der Waals surface area contributed by atoms with Crippen LogP contribution < -0.4 is 14.8 Å². The number of hydrogen-bond donors (Lipinski definition) is 2. The fraction of sp³-hybridized carbons (Fsp3) is 0.111. The normalized spacial score (nSPS) is 11.0. The highest BCUT2D eigenvalue weighted by Crippen LogP contribution is 2.23. The molecule has 1 amide bonds. The summed E-state index contributed by atoms with van der Waals surface area (Å²) in [6.45, 7) is 4.09. The van der Waals surface area contributed by atoms with Crippen LogP contribution in [0, 0.1) is 13.8 Å². The number of benzene rings is 3. The number of carbonyl (C=O) groups is 1. The third-order valence-electron chi connectivity index (χ3n) is 5.48. The molecular weight excluding hydrogens is 462 g/mol. The summed E-state index contributed by atoms with van der Waals surface area (Å²) in [6, 6.07) is 23.8. The number of pyridine rings is 1. The van der Waals surface area contributed by atoms with E-state index in [0.29, 0.717) is 29.3 Å². The number of nitrogens with one attached hydrogen (secondary N) is 2. The van der Waals surface area contributed by atoms with Gasteiger partial charge in [-0.1, -0.05) is 24.3 Å². The number of carbonyl (C=O) groups excluding carboxylic acids is 1. The summed E-state index contributed by atoms with van der Waals surface area (Å²) < 4.78 is 34.0. The first kappa shape index (κ1) is 24.0. The van der Waals surface area contributed by atoms with E-state index in [1.165, 1.54) is 24.3 Å². The smallest absolute Gasteiger partial charge is 0.261 e. The first-order valence-corrected chi connectivity index (χ1v) is 12.4. The van der Waals surface area contributed by atoms with E-state index < -0.39 is 10.0 Å². The van der Waals surface area contributed by atoms with E-state index in [1.54, 1.807) is 42.6 Å². The Morgan fingerprint density at radius 3 is 2.43 bits per heavy atom. The Balaban J connectivity index is 1.41. The van der Waals surface area contributed by atoms with Gasteiger partial charge in [-0.15, -0.1) is 0 Å². The summed E-state index contributed by atoms with van der Waals surface area (Å²) in [5.41, 5.74) is 4.06. The lowest BCUT2D eigenvalue weighted by molar-refractivity contribution is 0.102. The second-order valence-corrected chi connectivity index (χ2v) is 9.65. The maximum atomic E-state index is 12.8. The van der Waals surface area contributed by atoms with Gasteiger partial charge in [0.1, 0.15) is 12.4 Å². The van der Waals surface area contributed by atoms with Crippen LogP contribution in [0.4, 0.5) is 11.4 Å². The van der Waals surface area contributed by atoms with E-state index in [-0.39, 0.29) is 10.8 Å². The highest BCUT2D eigenvalue weighted by atomic mass is 32.2. The summed E-state index contributed by atoms with van der Waals surface area (Å²) in [7, 11) is -3.79. The number of aryl methyl sites for hydroxylation is 1. The van der Waals surface area contributed by atoms with Crippen molar-refractivity contribution in [2.75, 3.05) is 10.0 Å². The molecule has 35 heavy (non-hydrogen) atoms. The number of amides is 1. The number of nitrogens with zero attached hydrogens (tertiary/aromatic N) is 1. The van der Waals surface area contributed by atoms with Crippen molar-refractivity contribution in [3.63, 3.8) is 0 Å². The molecule has 0 aliphatic carbocycles. The van der Waals surface area contributed by atoms with Gasteiger partial charge in [-0.25, -0.2) is 8.42 Å². The minimum absolute atomic E-state index is 0.0693. The van der Waals surface area contributed by atoms with E-state index in [4.69, 9.17) is 4.74 Å². The SMILES string of the molecule is Cc1cccc(NS(=O)(=O)c2ccc(C(=O)Nc3cccc(OCc4ccccn4)c3)cc2)c1C. The third kappa shape index (κ3) is 6.04. The molecule has 178 valence electrons. The minimum atomic E-state index is -3.79. The zero-order valence-electron chi connectivity index (χ0n) is 19.4. The van der Waals surface area contributed by atoms with Crippen molar-refractivity contribution in [3.8, 4) is 5.75 Å². The molecule has 4 rings (SSSR count). The standard InChI is InChI=1S/C27H25N3O4S/c1-19-7-5-11-26(20(19)2)30-35(32,33)25-14-12-21(13-15-25)27(31)29-22-9-6-10-24(17-22)34-18-23-8-3-4-16-28-23/h3-17,30H,18H2,1-2H3,(H,29,31). The van der Waals surface area contributed by atoms with Gasteiger partial charge in [-0.3, -0.25) is 14.5 Å². The summed E-state index contributed by atoms with van der Waals surface area (Å²) in [4.78, 5) is 17.0. The first-order chi connectivity index (χ1) is 16.8. The van der Waals surface area contributed by atoms with Crippen molar-refractivity contribution in [1.29, 1.82) is 0 Å². The molecule has 7 nitrogen and oxygen atoms in total. The molecule has 0 saturated heterocycles. The predicted octanol–water partition coefficient (Wildman–Crippen LogP) is 5.33. The van der Waals surface area contributed by atoms with Crippen LogP contribution in [0.1, 0.15) is 27.2 Å². The summed E-state index contributed by atoms with van der Waals surface area (Å²) >= 11 is 0. The second kappa shape index (κ2) is 10.4. The maximum absolute atomic E-state index is 12.8. The van der Waals surface area contributed by atoms with Gasteiger partial charge in [0.15, 0.2) is 0 Å². The quantitative estimate of drug-likeness (QED) is 0.350. The Morgan fingerprint density at radius 1 is 0.914 bits per heavy atom. The monoisotopic (exact) mass is 487 g/mol. The molecule has 0 fully saturated rings. The Bertz CT molecular complexity index is 1440. The topological polar surface area (TPSA) is 97.4 Å². The highest BCUT2D eigenvalue weighted by molar-refractivity contribution is 7.92. The highest BCUT2D eigenvalue weighted by Gasteiger charge is 2.17. The summed E-state index contributed by atoms with van der Waals surface area (Å²) in [5, 5.41) is 2.81. The van der Waals surface area contributed by atoms with Gasteiger partial charge < -0.3 is 10.1 Å². The molecule has 3 aromatic carbocycles. The van der Waals surface area contributed by atoms with Gasteiger partial charge in [0.25, 0.3) is 15.9 Å². The van der Waals surface area contributed by atoms with Crippen LogP contribution in [-0.2, 0) is 16.6 Å². The van der Waals surface area contributed by atoms with Crippen LogP contribution in [-0.4, -0.2) is 19.3 Å². The van der Waals surface area contributed by atoms with Crippen molar-refractivity contribution >= 4 is 27.3 Å². The van der Waals surface area contributed by atoms with Crippen LogP contribution in [0.15, 0.2) is 96.0 Å². The zero-order chi connectivity index (χ0) is 24.8. The van der Waals surface area contributed by atoms with Crippen molar-refractivity contribution in [3.05, 3.63) is 114 Å². The lowest BCUT2D eigenvalue weighted by Gasteiger charge is -2.12. The summed E-state index contributed by atoms with van der Waals surface area (Å²) in [5.74, 6) is 0.228. The van der Waals surface area contributed by atoms with Crippen molar-refractivity contribution < 1.29 is 17.9 Å². The van der Waals surface area contributed by atoms with Gasteiger partial charge in [0.2, 0.25) is 0 Å². The van der Waals surface area contributed by atoms with Gasteiger partial charge in [-0.2, -0.15) is 0 Å². The largest absolute Gasteiger partial charge is 0.487 e. The molecule has 4 aromatic rings. The molecule has 1 heterocycles. The zero-order valence-corrected chi connectivity index (χ0v) is 20.2. The molecule has 0 unspecified atom stereocenters. The van der Waals surface area contributed by atoms with E-state index in [2.05, 4.69) is 15.0 Å². The Labute approximate surface area is 204 Å². The van der Waals surface area contributed by atoms with Crippen LogP contribution in [0.25, 0.3) is 0 Å². The minimum Gasteiger partial charge on any atom is -0.487 e. The Morgan fingerprint density at radius 2 is 1.69 bits per heavy atom. The van der Waals surface area contributed by atoms with Crippen molar-refractivity contribution in [2.24, 2.45) is 0 Å². The Hall–Kier alpha value is -4.17. The lowest BCUT2D eigenvalue weighted by Crippen LogP contribution is -2.15. The number of aromatic nitrogens is 1. The molecule has 0 saturated carbocycles. The van der Waals surface area contributed by atoms with E-state index in [9.17, 15) is 13.2 Å². The Kier molecular flexibility index (Phi) is 7.12. The molecular formula is C27H25N3O4S. The van der Waals surface area contributed by atoms with Crippen molar-refractivity contribution in [1.82, 2.24) is 4.98 Å². The number of rotatable bonds is 8. The summed E-state index contributed by atoms with van der Waals surface area (Å²) in [6.07, 6.45) is 1.70. The molecule has 2 N–H and O–H groups in total. The fourth-order valence-corrected chi connectivity index (χ4v) is 4.48. The van der Waals surface area contributed by atoms with E-state index in [1.807, 2.05) is 38.1 Å². The fourth-order valence-electron chi connectivity index (χ4n) is 3.36. The van der Waals surface area contributed by atoms with E-state index >= 15 is 0 Å². The van der Waals surface area contributed by atoms with E-state index in [0.717, 1.165) is 16.8 Å². The van der Waals surface area contributed by atoms with Crippen molar-refractivity contribution in [2.45, 2.75) is 25.3 Å². The molecule has 0 radical (unpaired) electrons. The number of hydrogen-bond acceptors (Lipinski definition) is 5. The van der Waals surface area contributed by atoms with Gasteiger partial charge in [0.05, 0.1) is 16.3 Å². The van der Waals surface area contributed by atoms with Crippen LogP contribution >= 0.6 is 0 Å². The predicted molar refractivity (Wildman–Crippen MR) is 136 cm³/mol.